The van der Waals surface area contributed by atoms with E-state index in [9.17, 15) is 0 Å². The standard InChI is InChI=1S/C21H17Br2N3S/c22-16-6-10-18(11-7-16)24-14-25(19-4-2-1-3-5-19)21(27)26(15-24)20-12-8-17(23)9-13-20/h1-13H,14-15H2. The Hall–Kier alpha value is -1.89. The van der Waals surface area contributed by atoms with Gasteiger partial charge in [-0.1, -0.05) is 50.1 Å². The Kier molecular flexibility index (Phi) is 5.48. The third-order valence-corrected chi connectivity index (χ3v) is 5.98. The van der Waals surface area contributed by atoms with Gasteiger partial charge in [0.25, 0.3) is 0 Å². The highest BCUT2D eigenvalue weighted by atomic mass is 79.9. The molecule has 3 aromatic carbocycles. The van der Waals surface area contributed by atoms with E-state index in [-0.39, 0.29) is 0 Å². The number of thiocarbonyl (C=S) groups is 1. The number of anilines is 3. The van der Waals surface area contributed by atoms with Crippen molar-refractivity contribution in [3.8, 4) is 0 Å². The van der Waals surface area contributed by atoms with Crippen LogP contribution in [-0.2, 0) is 0 Å². The van der Waals surface area contributed by atoms with Crippen LogP contribution in [0.1, 0.15) is 0 Å². The van der Waals surface area contributed by atoms with Crippen LogP contribution < -0.4 is 14.7 Å². The second-order valence-corrected chi connectivity index (χ2v) is 8.45. The van der Waals surface area contributed by atoms with Crippen molar-refractivity contribution in [1.82, 2.24) is 0 Å². The third-order valence-electron chi connectivity index (χ3n) is 4.48. The van der Waals surface area contributed by atoms with E-state index >= 15 is 0 Å². The predicted molar refractivity (Wildman–Crippen MR) is 124 cm³/mol. The summed E-state index contributed by atoms with van der Waals surface area (Å²) in [6, 6.07) is 27.0. The molecule has 1 aliphatic rings. The van der Waals surface area contributed by atoms with Gasteiger partial charge in [-0.3, -0.25) is 0 Å². The number of hydrogen-bond donors (Lipinski definition) is 0. The monoisotopic (exact) mass is 501 g/mol. The van der Waals surface area contributed by atoms with Crippen molar-refractivity contribution in [3.05, 3.63) is 87.8 Å². The molecule has 3 aromatic rings. The zero-order valence-electron chi connectivity index (χ0n) is 14.4. The topological polar surface area (TPSA) is 9.72 Å². The van der Waals surface area contributed by atoms with Crippen molar-refractivity contribution in [2.24, 2.45) is 0 Å². The quantitative estimate of drug-likeness (QED) is 0.391. The van der Waals surface area contributed by atoms with Gasteiger partial charge in [0.15, 0.2) is 5.11 Å². The molecule has 0 spiro atoms. The smallest absolute Gasteiger partial charge is 0.183 e. The molecular weight excluding hydrogens is 486 g/mol. The summed E-state index contributed by atoms with van der Waals surface area (Å²) in [6.07, 6.45) is 0. The van der Waals surface area contributed by atoms with Crippen molar-refractivity contribution >= 4 is 66.3 Å². The first-order valence-electron chi connectivity index (χ1n) is 8.52. The van der Waals surface area contributed by atoms with Gasteiger partial charge in [0.05, 0.1) is 13.3 Å². The lowest BCUT2D eigenvalue weighted by Gasteiger charge is -2.45. The van der Waals surface area contributed by atoms with Crippen molar-refractivity contribution < 1.29 is 0 Å². The highest BCUT2D eigenvalue weighted by Crippen LogP contribution is 2.29. The van der Waals surface area contributed by atoms with E-state index in [1.807, 2.05) is 30.3 Å². The third kappa shape index (κ3) is 4.03. The van der Waals surface area contributed by atoms with Crippen LogP contribution >= 0.6 is 44.1 Å². The van der Waals surface area contributed by atoms with Crippen LogP contribution in [0.4, 0.5) is 17.1 Å². The molecule has 1 saturated heterocycles. The molecule has 0 amide bonds. The minimum atomic E-state index is 0.700. The molecule has 4 rings (SSSR count). The molecule has 1 aliphatic heterocycles. The maximum absolute atomic E-state index is 5.88. The van der Waals surface area contributed by atoms with E-state index in [0.29, 0.717) is 13.3 Å². The maximum Gasteiger partial charge on any atom is 0.183 e. The zero-order chi connectivity index (χ0) is 18.8. The summed E-state index contributed by atoms with van der Waals surface area (Å²) in [6.45, 7) is 1.41. The van der Waals surface area contributed by atoms with Crippen LogP contribution in [0.2, 0.25) is 0 Å². The van der Waals surface area contributed by atoms with Gasteiger partial charge < -0.3 is 14.7 Å². The molecule has 6 heteroatoms. The van der Waals surface area contributed by atoms with Crippen molar-refractivity contribution in [2.75, 3.05) is 28.0 Å². The highest BCUT2D eigenvalue weighted by molar-refractivity contribution is 9.10. The number of halogens is 2. The molecular formula is C21H17Br2N3S. The molecule has 3 nitrogen and oxygen atoms in total. The first-order chi connectivity index (χ1) is 13.1. The highest BCUT2D eigenvalue weighted by Gasteiger charge is 2.29. The molecule has 1 heterocycles. The van der Waals surface area contributed by atoms with Crippen molar-refractivity contribution in [3.63, 3.8) is 0 Å². The lowest BCUT2D eigenvalue weighted by molar-refractivity contribution is 0.756. The molecule has 136 valence electrons. The number of rotatable bonds is 3. The Morgan fingerprint density at radius 3 is 1.56 bits per heavy atom. The first-order valence-corrected chi connectivity index (χ1v) is 10.5. The molecule has 0 aliphatic carbocycles. The molecule has 0 aromatic heterocycles. The Balaban J connectivity index is 1.72. The van der Waals surface area contributed by atoms with Crippen LogP contribution in [0.5, 0.6) is 0 Å². The fourth-order valence-corrected chi connectivity index (χ4v) is 3.94. The van der Waals surface area contributed by atoms with E-state index in [2.05, 4.69) is 95.1 Å². The van der Waals surface area contributed by atoms with E-state index in [1.165, 1.54) is 0 Å². The fraction of sp³-hybridized carbons (Fsp3) is 0.0952. The number of para-hydroxylation sites is 1. The van der Waals surface area contributed by atoms with Crippen LogP contribution in [0.15, 0.2) is 87.8 Å². The average Bonchev–Trinajstić information content (AvgIpc) is 2.70. The predicted octanol–water partition coefficient (Wildman–Crippen LogP) is 6.24. The summed E-state index contributed by atoms with van der Waals surface area (Å²) >= 11 is 12.9. The fourth-order valence-electron chi connectivity index (χ4n) is 3.08. The van der Waals surface area contributed by atoms with Crippen LogP contribution in [0.25, 0.3) is 0 Å². The number of hydrogen-bond acceptors (Lipinski definition) is 2. The number of benzene rings is 3. The van der Waals surface area contributed by atoms with Gasteiger partial charge in [-0.15, -0.1) is 0 Å². The number of nitrogens with zero attached hydrogens (tertiary/aromatic N) is 3. The van der Waals surface area contributed by atoms with Gasteiger partial charge in [-0.2, -0.15) is 0 Å². The molecule has 0 saturated carbocycles. The van der Waals surface area contributed by atoms with Crippen molar-refractivity contribution in [2.45, 2.75) is 0 Å². The second kappa shape index (κ2) is 8.00. The molecule has 0 radical (unpaired) electrons. The summed E-state index contributed by atoms with van der Waals surface area (Å²) in [5.41, 5.74) is 3.32. The Labute approximate surface area is 181 Å². The lowest BCUT2D eigenvalue weighted by atomic mass is 10.2. The van der Waals surface area contributed by atoms with Crippen LogP contribution in [-0.4, -0.2) is 18.4 Å². The molecule has 0 N–H and O–H groups in total. The van der Waals surface area contributed by atoms with Crippen LogP contribution in [0, 0.1) is 0 Å². The SMILES string of the molecule is S=C1N(c2ccccc2)CN(c2ccc(Br)cc2)CN1c1ccc(Br)cc1. The van der Waals surface area contributed by atoms with E-state index < -0.39 is 0 Å². The lowest BCUT2D eigenvalue weighted by Crippen LogP contribution is -2.58. The summed E-state index contributed by atoms with van der Waals surface area (Å²) < 4.78 is 2.13. The summed E-state index contributed by atoms with van der Waals surface area (Å²) in [4.78, 5) is 6.65. The molecule has 27 heavy (non-hydrogen) atoms. The van der Waals surface area contributed by atoms with Crippen LogP contribution in [0.3, 0.4) is 0 Å². The normalized spacial score (nSPS) is 14.6. The molecule has 0 unspecified atom stereocenters. The zero-order valence-corrected chi connectivity index (χ0v) is 18.4. The summed E-state index contributed by atoms with van der Waals surface area (Å²) in [5.74, 6) is 0. The average molecular weight is 503 g/mol. The Morgan fingerprint density at radius 1 is 0.593 bits per heavy atom. The molecule has 0 atom stereocenters. The maximum atomic E-state index is 5.88. The van der Waals surface area contributed by atoms with Gasteiger partial charge in [0.1, 0.15) is 0 Å². The van der Waals surface area contributed by atoms with Gasteiger partial charge >= 0.3 is 0 Å². The summed E-state index contributed by atoms with van der Waals surface area (Å²) in [7, 11) is 0. The molecule has 0 bridgehead atoms. The minimum absolute atomic E-state index is 0.700. The van der Waals surface area contributed by atoms with Gasteiger partial charge in [0, 0.05) is 26.0 Å². The Morgan fingerprint density at radius 2 is 1.04 bits per heavy atom. The largest absolute Gasteiger partial charge is 0.335 e. The van der Waals surface area contributed by atoms with E-state index in [4.69, 9.17) is 12.2 Å². The second-order valence-electron chi connectivity index (χ2n) is 6.25. The van der Waals surface area contributed by atoms with Gasteiger partial charge in [0.2, 0.25) is 0 Å². The van der Waals surface area contributed by atoms with Gasteiger partial charge in [-0.05, 0) is 72.9 Å². The van der Waals surface area contributed by atoms with Crippen molar-refractivity contribution in [1.29, 1.82) is 0 Å². The van der Waals surface area contributed by atoms with Gasteiger partial charge in [-0.25, -0.2) is 0 Å². The Bertz CT molecular complexity index is 930. The summed E-state index contributed by atoms with van der Waals surface area (Å²) in [5, 5.41) is 0.803. The molecule has 1 fully saturated rings. The first kappa shape index (κ1) is 18.5. The minimum Gasteiger partial charge on any atom is -0.335 e. The van der Waals surface area contributed by atoms with E-state index in [1.54, 1.807) is 0 Å². The van der Waals surface area contributed by atoms with E-state index in [0.717, 1.165) is 31.1 Å².